The molecule has 110 valence electrons. The zero-order chi connectivity index (χ0) is 14.6. The third-order valence-corrected chi connectivity index (χ3v) is 4.61. The van der Waals surface area contributed by atoms with Crippen molar-refractivity contribution in [3.8, 4) is 5.75 Å². The largest absolute Gasteiger partial charge is 0.489 e. The molecule has 1 saturated carbocycles. The Kier molecular flexibility index (Phi) is 4.94. The minimum absolute atomic E-state index is 0.219. The lowest BCUT2D eigenvalue weighted by atomic mass is 9.79. The molecule has 1 aromatic rings. The van der Waals surface area contributed by atoms with Gasteiger partial charge in [0.1, 0.15) is 12.4 Å². The van der Waals surface area contributed by atoms with E-state index >= 15 is 0 Å². The Morgan fingerprint density at radius 3 is 2.65 bits per heavy atom. The molecule has 2 N–H and O–H groups in total. The van der Waals surface area contributed by atoms with Crippen LogP contribution in [-0.4, -0.2) is 34.6 Å². The van der Waals surface area contributed by atoms with Gasteiger partial charge in [0.05, 0.1) is 11.5 Å². The quantitative estimate of drug-likeness (QED) is 0.818. The molecule has 1 aliphatic carbocycles. The summed E-state index contributed by atoms with van der Waals surface area (Å²) in [6.45, 7) is 0.219. The highest BCUT2D eigenvalue weighted by Gasteiger charge is 2.36. The number of aliphatic carboxylic acids is 1. The van der Waals surface area contributed by atoms with Gasteiger partial charge in [-0.15, -0.1) is 11.8 Å². The number of rotatable bonds is 5. The van der Waals surface area contributed by atoms with Crippen molar-refractivity contribution in [1.82, 2.24) is 0 Å². The number of carboxylic acid groups (broad SMARTS) is 1. The number of thioether (sulfide) groups is 1. The molecule has 0 atom stereocenters. The smallest absolute Gasteiger partial charge is 0.306 e. The van der Waals surface area contributed by atoms with Crippen molar-refractivity contribution in [3.63, 3.8) is 0 Å². The first kappa shape index (κ1) is 15.2. The Labute approximate surface area is 123 Å². The van der Waals surface area contributed by atoms with E-state index in [4.69, 9.17) is 9.84 Å². The lowest BCUT2D eigenvalue weighted by molar-refractivity contribution is -0.145. The molecule has 0 unspecified atom stereocenters. The molecule has 0 aliphatic heterocycles. The molecule has 1 fully saturated rings. The summed E-state index contributed by atoms with van der Waals surface area (Å²) in [7, 11) is 0. The lowest BCUT2D eigenvalue weighted by Crippen LogP contribution is -2.41. The van der Waals surface area contributed by atoms with Gasteiger partial charge in [-0.2, -0.15) is 0 Å². The molecule has 0 aromatic heterocycles. The van der Waals surface area contributed by atoms with Crippen LogP contribution in [0.4, 0.5) is 0 Å². The Balaban J connectivity index is 1.92. The summed E-state index contributed by atoms with van der Waals surface area (Å²) in [4.78, 5) is 11.9. The van der Waals surface area contributed by atoms with E-state index in [1.54, 1.807) is 11.8 Å². The average Bonchev–Trinajstić information content (AvgIpc) is 2.46. The Hall–Kier alpha value is -1.20. The van der Waals surface area contributed by atoms with Gasteiger partial charge in [-0.3, -0.25) is 4.79 Å². The minimum Gasteiger partial charge on any atom is -0.489 e. The normalized spacial score (nSPS) is 26.2. The predicted octanol–water partition coefficient (Wildman–Crippen LogP) is 2.79. The van der Waals surface area contributed by atoms with Crippen LogP contribution in [-0.2, 0) is 4.79 Å². The highest BCUT2D eigenvalue weighted by molar-refractivity contribution is 7.98. The monoisotopic (exact) mass is 296 g/mol. The number of aliphatic hydroxyl groups is 1. The maximum atomic E-state index is 10.9. The highest BCUT2D eigenvalue weighted by Crippen LogP contribution is 2.34. The number of hydrogen-bond donors (Lipinski definition) is 2. The van der Waals surface area contributed by atoms with E-state index in [1.807, 2.05) is 30.5 Å². The summed E-state index contributed by atoms with van der Waals surface area (Å²) in [6.07, 6.45) is 3.96. The Bertz CT molecular complexity index is 467. The van der Waals surface area contributed by atoms with Crippen LogP contribution in [0.15, 0.2) is 29.2 Å². The Morgan fingerprint density at radius 1 is 1.40 bits per heavy atom. The summed E-state index contributed by atoms with van der Waals surface area (Å²) < 4.78 is 5.75. The fourth-order valence-corrected chi connectivity index (χ4v) is 3.04. The molecule has 0 radical (unpaired) electrons. The standard InChI is InChI=1S/C15H20O4S/c1-20-13-5-3-2-4-12(13)19-10-15(18)8-6-11(7-9-15)14(16)17/h2-5,11,18H,6-10H2,1H3,(H,16,17). The Morgan fingerprint density at radius 2 is 2.05 bits per heavy atom. The van der Waals surface area contributed by atoms with Gasteiger partial charge >= 0.3 is 5.97 Å². The first-order valence-corrected chi connectivity index (χ1v) is 7.97. The van der Waals surface area contributed by atoms with Crippen molar-refractivity contribution in [2.75, 3.05) is 12.9 Å². The van der Waals surface area contributed by atoms with Gasteiger partial charge < -0.3 is 14.9 Å². The van der Waals surface area contributed by atoms with Gasteiger partial charge in [-0.25, -0.2) is 0 Å². The van der Waals surface area contributed by atoms with Gasteiger partial charge in [0, 0.05) is 4.90 Å². The van der Waals surface area contributed by atoms with E-state index in [0.717, 1.165) is 10.6 Å². The van der Waals surface area contributed by atoms with Gasteiger partial charge in [-0.1, -0.05) is 12.1 Å². The van der Waals surface area contributed by atoms with E-state index in [-0.39, 0.29) is 12.5 Å². The number of carbonyl (C=O) groups is 1. The van der Waals surface area contributed by atoms with Crippen molar-refractivity contribution < 1.29 is 19.7 Å². The number of carboxylic acids is 1. The van der Waals surface area contributed by atoms with Crippen molar-refractivity contribution >= 4 is 17.7 Å². The fraction of sp³-hybridized carbons (Fsp3) is 0.533. The lowest BCUT2D eigenvalue weighted by Gasteiger charge is -2.34. The van der Waals surface area contributed by atoms with Crippen LogP contribution < -0.4 is 4.74 Å². The van der Waals surface area contributed by atoms with Crippen LogP contribution in [0.25, 0.3) is 0 Å². The van der Waals surface area contributed by atoms with E-state index in [9.17, 15) is 9.90 Å². The molecule has 0 saturated heterocycles. The fourth-order valence-electron chi connectivity index (χ4n) is 2.50. The summed E-state index contributed by atoms with van der Waals surface area (Å²) in [6, 6.07) is 7.72. The SMILES string of the molecule is CSc1ccccc1OCC1(O)CCC(C(=O)O)CC1. The van der Waals surface area contributed by atoms with Crippen LogP contribution in [0.5, 0.6) is 5.75 Å². The number of hydrogen-bond acceptors (Lipinski definition) is 4. The van der Waals surface area contributed by atoms with Crippen molar-refractivity contribution in [3.05, 3.63) is 24.3 Å². The van der Waals surface area contributed by atoms with Crippen LogP contribution in [0.2, 0.25) is 0 Å². The molecule has 20 heavy (non-hydrogen) atoms. The predicted molar refractivity (Wildman–Crippen MR) is 78.3 cm³/mol. The van der Waals surface area contributed by atoms with Crippen LogP contribution in [0.3, 0.4) is 0 Å². The maximum absolute atomic E-state index is 10.9. The summed E-state index contributed by atoms with van der Waals surface area (Å²) in [5.41, 5.74) is -0.905. The van der Waals surface area contributed by atoms with Gasteiger partial charge in [0.15, 0.2) is 0 Å². The first-order chi connectivity index (χ1) is 9.54. The van der Waals surface area contributed by atoms with Gasteiger partial charge in [-0.05, 0) is 44.1 Å². The van der Waals surface area contributed by atoms with Crippen molar-refractivity contribution in [2.24, 2.45) is 5.92 Å². The number of benzene rings is 1. The van der Waals surface area contributed by atoms with E-state index < -0.39 is 11.6 Å². The maximum Gasteiger partial charge on any atom is 0.306 e. The molecule has 5 heteroatoms. The number of ether oxygens (including phenoxy) is 1. The third kappa shape index (κ3) is 3.67. The topological polar surface area (TPSA) is 66.8 Å². The first-order valence-electron chi connectivity index (χ1n) is 6.75. The minimum atomic E-state index is -0.905. The van der Waals surface area contributed by atoms with E-state index in [0.29, 0.717) is 25.7 Å². The molecular weight excluding hydrogens is 276 g/mol. The summed E-state index contributed by atoms with van der Waals surface area (Å²) in [5, 5.41) is 19.4. The van der Waals surface area contributed by atoms with Gasteiger partial charge in [0.25, 0.3) is 0 Å². The van der Waals surface area contributed by atoms with Crippen LogP contribution in [0.1, 0.15) is 25.7 Å². The highest BCUT2D eigenvalue weighted by atomic mass is 32.2. The molecule has 1 aromatic carbocycles. The second kappa shape index (κ2) is 6.50. The zero-order valence-electron chi connectivity index (χ0n) is 11.5. The molecule has 0 spiro atoms. The van der Waals surface area contributed by atoms with Crippen LogP contribution >= 0.6 is 11.8 Å². The van der Waals surface area contributed by atoms with E-state index in [2.05, 4.69) is 0 Å². The second-order valence-corrected chi connectivity index (χ2v) is 6.12. The summed E-state index contributed by atoms with van der Waals surface area (Å²) in [5.74, 6) is -0.316. The molecule has 0 heterocycles. The summed E-state index contributed by atoms with van der Waals surface area (Å²) >= 11 is 1.60. The zero-order valence-corrected chi connectivity index (χ0v) is 12.4. The molecule has 2 rings (SSSR count). The number of para-hydroxylation sites is 1. The molecule has 4 nitrogen and oxygen atoms in total. The van der Waals surface area contributed by atoms with Crippen molar-refractivity contribution in [1.29, 1.82) is 0 Å². The molecule has 0 bridgehead atoms. The van der Waals surface area contributed by atoms with E-state index in [1.165, 1.54) is 0 Å². The molecular formula is C15H20O4S. The third-order valence-electron chi connectivity index (χ3n) is 3.83. The van der Waals surface area contributed by atoms with Crippen LogP contribution in [0, 0.1) is 5.92 Å². The van der Waals surface area contributed by atoms with Crippen molar-refractivity contribution in [2.45, 2.75) is 36.2 Å². The van der Waals surface area contributed by atoms with Gasteiger partial charge in [0.2, 0.25) is 0 Å². The average molecular weight is 296 g/mol. The second-order valence-electron chi connectivity index (χ2n) is 5.28. The molecule has 1 aliphatic rings. The molecule has 0 amide bonds.